The number of rotatable bonds is 16. The smallest absolute Gasteiger partial charge is 0.289 e. The molecule has 2 saturated carbocycles. The fourth-order valence-electron chi connectivity index (χ4n) is 7.40. The Hall–Kier alpha value is -3.67. The second kappa shape index (κ2) is 17.5. The van der Waals surface area contributed by atoms with Crippen molar-refractivity contribution in [2.75, 3.05) is 6.54 Å². The van der Waals surface area contributed by atoms with Gasteiger partial charge in [-0.3, -0.25) is 39.3 Å². The van der Waals surface area contributed by atoms with Crippen molar-refractivity contribution in [1.29, 1.82) is 0 Å². The first-order chi connectivity index (χ1) is 23.7. The van der Waals surface area contributed by atoms with Crippen LogP contribution in [0, 0.1) is 23.2 Å². The standard InChI is InChI=1S/C38H59N7O5/c1-8-9-15-28(32(46)36(49)42-26-16-17-26)43-35(48)31-29(23(2)3)24(4)22-45(31)37(50)33(38(5,6)7)44-34(47)30(25-13-11-10-12-14-25)41-21-27-20-39-18-19-40-27/h18-20,23,25-26,28-31,33,41H,4,8-17,21-22H2,1-3,5-7H3,(H,42,49)(H,43,48)(H,44,47)/t28?,29-,30-,31-,33+/m0/s1. The third-order valence-electron chi connectivity index (χ3n) is 10.3. The Morgan fingerprint density at radius 1 is 1.00 bits per heavy atom. The van der Waals surface area contributed by atoms with E-state index in [2.05, 4.69) is 37.8 Å². The van der Waals surface area contributed by atoms with Crippen molar-refractivity contribution in [3.8, 4) is 0 Å². The number of ketones is 1. The van der Waals surface area contributed by atoms with Crippen LogP contribution in [0.4, 0.5) is 0 Å². The van der Waals surface area contributed by atoms with Crippen molar-refractivity contribution in [3.05, 3.63) is 36.4 Å². The van der Waals surface area contributed by atoms with Gasteiger partial charge in [0.15, 0.2) is 0 Å². The predicted molar refractivity (Wildman–Crippen MR) is 191 cm³/mol. The molecular formula is C38H59N7O5. The summed E-state index contributed by atoms with van der Waals surface area (Å²) in [6, 6.07) is -3.44. The van der Waals surface area contributed by atoms with Crippen LogP contribution in [0.3, 0.4) is 0 Å². The van der Waals surface area contributed by atoms with Crippen molar-refractivity contribution >= 4 is 29.4 Å². The van der Waals surface area contributed by atoms with Crippen LogP contribution in [-0.2, 0) is 30.5 Å². The Labute approximate surface area is 297 Å². The number of likely N-dealkylation sites (tertiary alicyclic amines) is 1. The number of hydrogen-bond donors (Lipinski definition) is 4. The van der Waals surface area contributed by atoms with Crippen LogP contribution >= 0.6 is 0 Å². The summed E-state index contributed by atoms with van der Waals surface area (Å²) in [4.78, 5) is 79.2. The Morgan fingerprint density at radius 3 is 2.28 bits per heavy atom. The van der Waals surface area contributed by atoms with E-state index in [1.807, 2.05) is 41.5 Å². The third-order valence-corrected chi connectivity index (χ3v) is 10.3. The molecule has 50 heavy (non-hydrogen) atoms. The topological polar surface area (TPSA) is 162 Å². The normalized spacial score (nSPS) is 21.7. The van der Waals surface area contributed by atoms with Crippen LogP contribution in [0.15, 0.2) is 30.7 Å². The Bertz CT molecular complexity index is 1370. The largest absolute Gasteiger partial charge is 0.347 e. The van der Waals surface area contributed by atoms with Crippen molar-refractivity contribution in [3.63, 3.8) is 0 Å². The first-order valence-corrected chi connectivity index (χ1v) is 18.6. The number of unbranched alkanes of at least 4 members (excludes halogenated alkanes) is 1. The summed E-state index contributed by atoms with van der Waals surface area (Å²) in [6.07, 6.45) is 13.3. The molecule has 1 saturated heterocycles. The zero-order valence-electron chi connectivity index (χ0n) is 30.9. The average Bonchev–Trinajstić information content (AvgIpc) is 3.83. The van der Waals surface area contributed by atoms with E-state index in [9.17, 15) is 24.0 Å². The van der Waals surface area contributed by atoms with Gasteiger partial charge in [-0.25, -0.2) is 0 Å². The molecule has 2 heterocycles. The summed E-state index contributed by atoms with van der Waals surface area (Å²) in [5, 5.41) is 12.2. The van der Waals surface area contributed by atoms with Gasteiger partial charge in [0, 0.05) is 43.6 Å². The summed E-state index contributed by atoms with van der Waals surface area (Å²) >= 11 is 0. The van der Waals surface area contributed by atoms with Gasteiger partial charge >= 0.3 is 0 Å². The summed E-state index contributed by atoms with van der Waals surface area (Å²) in [5.74, 6) is -2.81. The monoisotopic (exact) mass is 693 g/mol. The van der Waals surface area contributed by atoms with Gasteiger partial charge < -0.3 is 20.9 Å². The molecule has 1 unspecified atom stereocenters. The molecule has 0 aromatic carbocycles. The van der Waals surface area contributed by atoms with E-state index >= 15 is 0 Å². The van der Waals surface area contributed by atoms with Crippen molar-refractivity contribution in [2.24, 2.45) is 23.2 Å². The first-order valence-electron chi connectivity index (χ1n) is 18.6. The molecule has 5 atom stereocenters. The molecule has 276 valence electrons. The van der Waals surface area contributed by atoms with Gasteiger partial charge in [-0.2, -0.15) is 0 Å². The maximum absolute atomic E-state index is 14.7. The van der Waals surface area contributed by atoms with Crippen molar-refractivity contribution in [2.45, 2.75) is 143 Å². The molecule has 0 bridgehead atoms. The average molecular weight is 694 g/mol. The van der Waals surface area contributed by atoms with Gasteiger partial charge in [-0.1, -0.05) is 85.8 Å². The second-order valence-electron chi connectivity index (χ2n) is 15.9. The lowest BCUT2D eigenvalue weighted by atomic mass is 9.81. The SMILES string of the molecule is C=C1CN(C(=O)[C@@H](NC(=O)[C@@H](NCc2cnccn2)C2CCCCC2)C(C)(C)C)[C@H](C(=O)NC(CCCC)C(=O)C(=O)NC2CC2)[C@H]1C(C)C. The molecule has 4 N–H and O–H groups in total. The van der Waals surface area contributed by atoms with Gasteiger partial charge in [-0.05, 0) is 49.4 Å². The number of amides is 4. The number of aromatic nitrogens is 2. The van der Waals surface area contributed by atoms with Crippen LogP contribution in [-0.4, -0.2) is 81.0 Å². The lowest BCUT2D eigenvalue weighted by Gasteiger charge is -2.38. The molecule has 1 aromatic rings. The molecule has 4 amide bonds. The molecule has 12 nitrogen and oxygen atoms in total. The highest BCUT2D eigenvalue weighted by molar-refractivity contribution is 6.38. The van der Waals surface area contributed by atoms with Crippen molar-refractivity contribution < 1.29 is 24.0 Å². The number of carbonyl (C=O) groups excluding carboxylic acids is 5. The van der Waals surface area contributed by atoms with Gasteiger partial charge in [0.05, 0.1) is 17.8 Å². The van der Waals surface area contributed by atoms with E-state index < -0.39 is 47.2 Å². The number of carbonyl (C=O) groups is 5. The Balaban J connectivity index is 1.58. The molecule has 3 fully saturated rings. The molecule has 12 heteroatoms. The van der Waals surface area contributed by atoms with E-state index in [4.69, 9.17) is 0 Å². The summed E-state index contributed by atoms with van der Waals surface area (Å²) in [6.45, 7) is 16.4. The van der Waals surface area contributed by atoms with E-state index in [1.165, 1.54) is 4.90 Å². The van der Waals surface area contributed by atoms with E-state index in [0.29, 0.717) is 19.4 Å². The summed E-state index contributed by atoms with van der Waals surface area (Å²) in [5.41, 5.74) is 0.753. The van der Waals surface area contributed by atoms with Gasteiger partial charge in [0.2, 0.25) is 23.5 Å². The van der Waals surface area contributed by atoms with Crippen LogP contribution in [0.1, 0.15) is 111 Å². The van der Waals surface area contributed by atoms with Gasteiger partial charge in [0.1, 0.15) is 12.1 Å². The minimum atomic E-state index is -1.01. The number of hydrogen-bond acceptors (Lipinski definition) is 8. The quantitative estimate of drug-likeness (QED) is 0.151. The maximum Gasteiger partial charge on any atom is 0.289 e. The fourth-order valence-corrected chi connectivity index (χ4v) is 7.40. The van der Waals surface area contributed by atoms with Crippen LogP contribution in [0.25, 0.3) is 0 Å². The van der Waals surface area contributed by atoms with E-state index in [0.717, 1.165) is 62.6 Å². The highest BCUT2D eigenvalue weighted by Gasteiger charge is 2.49. The molecule has 0 spiro atoms. The molecule has 1 aliphatic heterocycles. The zero-order valence-corrected chi connectivity index (χ0v) is 30.9. The highest BCUT2D eigenvalue weighted by atomic mass is 16.2. The lowest BCUT2D eigenvalue weighted by molar-refractivity contribution is -0.146. The van der Waals surface area contributed by atoms with Crippen molar-refractivity contribution in [1.82, 2.24) is 36.1 Å². The van der Waals surface area contributed by atoms with Gasteiger partial charge in [-0.15, -0.1) is 0 Å². The minimum Gasteiger partial charge on any atom is -0.347 e. The third kappa shape index (κ3) is 10.2. The Kier molecular flexibility index (Phi) is 13.7. The second-order valence-corrected chi connectivity index (χ2v) is 15.9. The number of nitrogens with zero attached hydrogens (tertiary/aromatic N) is 3. The van der Waals surface area contributed by atoms with Crippen LogP contribution in [0.2, 0.25) is 0 Å². The highest BCUT2D eigenvalue weighted by Crippen LogP contribution is 2.36. The summed E-state index contributed by atoms with van der Waals surface area (Å²) < 4.78 is 0. The Morgan fingerprint density at radius 2 is 1.70 bits per heavy atom. The van der Waals surface area contributed by atoms with Crippen LogP contribution < -0.4 is 21.3 Å². The molecule has 2 aliphatic carbocycles. The fraction of sp³-hybridized carbons (Fsp3) is 0.711. The minimum absolute atomic E-state index is 0.00929. The molecule has 3 aliphatic rings. The van der Waals surface area contributed by atoms with Gasteiger partial charge in [0.25, 0.3) is 5.91 Å². The number of nitrogens with one attached hydrogen (secondary N) is 4. The first kappa shape index (κ1) is 39.1. The van der Waals surface area contributed by atoms with E-state index in [-0.39, 0.29) is 42.2 Å². The predicted octanol–water partition coefficient (Wildman–Crippen LogP) is 3.61. The number of Topliss-reactive ketones (excluding diaryl/α,β-unsaturated/α-hetero) is 1. The summed E-state index contributed by atoms with van der Waals surface area (Å²) in [7, 11) is 0. The molecule has 0 radical (unpaired) electrons. The maximum atomic E-state index is 14.7. The lowest BCUT2D eigenvalue weighted by Crippen LogP contribution is -2.62. The molecule has 1 aromatic heterocycles. The molecular weight excluding hydrogens is 634 g/mol. The van der Waals surface area contributed by atoms with E-state index in [1.54, 1.807) is 18.6 Å². The molecule has 4 rings (SSSR count). The zero-order chi connectivity index (χ0) is 36.6. The van der Waals surface area contributed by atoms with Crippen LogP contribution in [0.5, 0.6) is 0 Å².